The summed E-state index contributed by atoms with van der Waals surface area (Å²) in [5, 5.41) is 0. The highest BCUT2D eigenvalue weighted by Gasteiger charge is 2.43. The van der Waals surface area contributed by atoms with E-state index in [1.54, 1.807) is 6.92 Å². The second-order valence-corrected chi connectivity index (χ2v) is 8.23. The summed E-state index contributed by atoms with van der Waals surface area (Å²) in [4.78, 5) is 29.4. The fraction of sp³-hybridized carbons (Fsp3) is 0.462. The average molecular weight is 423 g/mol. The summed E-state index contributed by atoms with van der Waals surface area (Å²) in [7, 11) is 0. The molecule has 0 atom stereocenters. The Hall–Kier alpha value is -2.66. The summed E-state index contributed by atoms with van der Waals surface area (Å²) in [6.45, 7) is 6.66. The van der Waals surface area contributed by atoms with Gasteiger partial charge >= 0.3 is 5.97 Å². The Labute approximate surface area is 186 Å². The maximum atomic E-state index is 13.1. The zero-order chi connectivity index (χ0) is 22.1. The first kappa shape index (κ1) is 23.0. The van der Waals surface area contributed by atoms with Crippen molar-refractivity contribution in [3.05, 3.63) is 66.2 Å². The molecular formula is C26H34N2O3. The number of anilines is 1. The van der Waals surface area contributed by atoms with Gasteiger partial charge in [-0.15, -0.1) is 0 Å². The predicted octanol–water partition coefficient (Wildman–Crippen LogP) is 4.46. The van der Waals surface area contributed by atoms with E-state index in [1.807, 2.05) is 48.2 Å². The summed E-state index contributed by atoms with van der Waals surface area (Å²) in [6.07, 6.45) is 3.32. The minimum Gasteiger partial charge on any atom is -0.463 e. The zero-order valence-corrected chi connectivity index (χ0v) is 18.8. The fourth-order valence-electron chi connectivity index (χ4n) is 4.29. The van der Waals surface area contributed by atoms with Crippen molar-refractivity contribution in [3.8, 4) is 0 Å². The van der Waals surface area contributed by atoms with E-state index in [0.29, 0.717) is 12.8 Å². The molecule has 31 heavy (non-hydrogen) atoms. The van der Waals surface area contributed by atoms with Crippen molar-refractivity contribution < 1.29 is 14.3 Å². The van der Waals surface area contributed by atoms with Gasteiger partial charge < -0.3 is 14.5 Å². The van der Waals surface area contributed by atoms with Crippen LogP contribution in [0, 0.1) is 0 Å². The van der Waals surface area contributed by atoms with Gasteiger partial charge in [-0.25, -0.2) is 0 Å². The van der Waals surface area contributed by atoms with Crippen LogP contribution in [0.4, 0.5) is 5.69 Å². The van der Waals surface area contributed by atoms with Crippen LogP contribution in [0.2, 0.25) is 0 Å². The van der Waals surface area contributed by atoms with Crippen molar-refractivity contribution in [3.63, 3.8) is 0 Å². The normalized spacial score (nSPS) is 15.9. The molecule has 1 heterocycles. The SMILES string of the molecule is CCC(=O)OCC1(N(C(=O)CC)c2ccccc2)CCN(CCc2ccccc2)CC1. The molecule has 166 valence electrons. The third-order valence-electron chi connectivity index (χ3n) is 6.18. The Morgan fingerprint density at radius 3 is 2.13 bits per heavy atom. The molecule has 1 aliphatic heterocycles. The van der Waals surface area contributed by atoms with E-state index < -0.39 is 5.54 Å². The van der Waals surface area contributed by atoms with Gasteiger partial charge in [-0.1, -0.05) is 62.4 Å². The average Bonchev–Trinajstić information content (AvgIpc) is 2.83. The van der Waals surface area contributed by atoms with Crippen molar-refractivity contribution >= 4 is 17.6 Å². The lowest BCUT2D eigenvalue weighted by atomic mass is 9.85. The number of piperidine rings is 1. The van der Waals surface area contributed by atoms with Gasteiger partial charge in [-0.3, -0.25) is 9.59 Å². The summed E-state index contributed by atoms with van der Waals surface area (Å²) in [5.74, 6) is -0.153. The second-order valence-electron chi connectivity index (χ2n) is 8.23. The van der Waals surface area contributed by atoms with Crippen LogP contribution >= 0.6 is 0 Å². The lowest BCUT2D eigenvalue weighted by Gasteiger charge is -2.48. The second kappa shape index (κ2) is 11.1. The highest BCUT2D eigenvalue weighted by molar-refractivity contribution is 5.94. The maximum absolute atomic E-state index is 13.1. The van der Waals surface area contributed by atoms with Crippen molar-refractivity contribution in [1.29, 1.82) is 0 Å². The number of rotatable bonds is 9. The van der Waals surface area contributed by atoms with Gasteiger partial charge in [0.05, 0.1) is 5.54 Å². The van der Waals surface area contributed by atoms with Gasteiger partial charge in [-0.2, -0.15) is 0 Å². The number of hydrogen-bond donors (Lipinski definition) is 0. The smallest absolute Gasteiger partial charge is 0.305 e. The molecule has 1 amide bonds. The van der Waals surface area contributed by atoms with Crippen LogP contribution in [0.5, 0.6) is 0 Å². The van der Waals surface area contributed by atoms with Crippen LogP contribution in [0.3, 0.4) is 0 Å². The number of carbonyl (C=O) groups excluding carboxylic acids is 2. The number of likely N-dealkylation sites (tertiary alicyclic amines) is 1. The van der Waals surface area contributed by atoms with E-state index >= 15 is 0 Å². The molecule has 1 fully saturated rings. The van der Waals surface area contributed by atoms with Crippen LogP contribution in [-0.4, -0.2) is 48.6 Å². The molecule has 0 radical (unpaired) electrons. The summed E-state index contributed by atoms with van der Waals surface area (Å²) >= 11 is 0. The number of ether oxygens (including phenoxy) is 1. The van der Waals surface area contributed by atoms with Crippen molar-refractivity contribution in [2.75, 3.05) is 31.1 Å². The fourth-order valence-corrected chi connectivity index (χ4v) is 4.29. The summed E-state index contributed by atoms with van der Waals surface area (Å²) in [6, 6.07) is 20.3. The molecule has 0 saturated carbocycles. The Balaban J connectivity index is 1.77. The lowest BCUT2D eigenvalue weighted by molar-refractivity contribution is -0.146. The van der Waals surface area contributed by atoms with Crippen molar-refractivity contribution in [2.45, 2.75) is 51.5 Å². The van der Waals surface area contributed by atoms with Gasteiger partial charge in [0.2, 0.25) is 5.91 Å². The van der Waals surface area contributed by atoms with E-state index in [4.69, 9.17) is 4.74 Å². The minimum absolute atomic E-state index is 0.0662. The maximum Gasteiger partial charge on any atom is 0.305 e. The number of para-hydroxylation sites is 1. The molecule has 0 unspecified atom stereocenters. The lowest BCUT2D eigenvalue weighted by Crippen LogP contribution is -2.60. The molecule has 5 heteroatoms. The van der Waals surface area contributed by atoms with E-state index in [2.05, 4.69) is 29.2 Å². The molecule has 2 aromatic carbocycles. The van der Waals surface area contributed by atoms with Crippen LogP contribution in [0.1, 0.15) is 45.1 Å². The highest BCUT2D eigenvalue weighted by atomic mass is 16.5. The van der Waals surface area contributed by atoms with Gasteiger partial charge in [0, 0.05) is 38.2 Å². The molecule has 5 nitrogen and oxygen atoms in total. The first-order valence-corrected chi connectivity index (χ1v) is 11.4. The van der Waals surface area contributed by atoms with Gasteiger partial charge in [-0.05, 0) is 37.0 Å². The zero-order valence-electron chi connectivity index (χ0n) is 18.8. The third kappa shape index (κ3) is 5.95. The highest BCUT2D eigenvalue weighted by Crippen LogP contribution is 2.35. The first-order valence-electron chi connectivity index (χ1n) is 11.4. The number of esters is 1. The molecule has 0 N–H and O–H groups in total. The topological polar surface area (TPSA) is 49.9 Å². The Morgan fingerprint density at radius 1 is 0.935 bits per heavy atom. The van der Waals surface area contributed by atoms with E-state index in [0.717, 1.165) is 44.6 Å². The monoisotopic (exact) mass is 422 g/mol. The van der Waals surface area contributed by atoms with Crippen LogP contribution in [0.25, 0.3) is 0 Å². The Bertz CT molecular complexity index is 830. The van der Waals surface area contributed by atoms with Crippen molar-refractivity contribution in [1.82, 2.24) is 4.90 Å². The van der Waals surface area contributed by atoms with E-state index in [1.165, 1.54) is 5.56 Å². The largest absolute Gasteiger partial charge is 0.463 e. The number of nitrogens with zero attached hydrogens (tertiary/aromatic N) is 2. The summed E-state index contributed by atoms with van der Waals surface area (Å²) in [5.41, 5.74) is 1.70. The van der Waals surface area contributed by atoms with Crippen LogP contribution in [-0.2, 0) is 20.7 Å². The molecule has 0 bridgehead atoms. The number of carbonyl (C=O) groups is 2. The molecule has 1 aliphatic rings. The van der Waals surface area contributed by atoms with Crippen LogP contribution < -0.4 is 4.90 Å². The molecule has 2 aromatic rings. The van der Waals surface area contributed by atoms with Crippen LogP contribution in [0.15, 0.2) is 60.7 Å². The predicted molar refractivity (Wildman–Crippen MR) is 124 cm³/mol. The van der Waals surface area contributed by atoms with Gasteiger partial charge in [0.1, 0.15) is 6.61 Å². The number of benzene rings is 2. The first-order chi connectivity index (χ1) is 15.1. The third-order valence-corrected chi connectivity index (χ3v) is 6.18. The molecular weight excluding hydrogens is 388 g/mol. The minimum atomic E-state index is -0.511. The van der Waals surface area contributed by atoms with E-state index in [-0.39, 0.29) is 18.5 Å². The van der Waals surface area contributed by atoms with Crippen molar-refractivity contribution in [2.24, 2.45) is 0 Å². The quantitative estimate of drug-likeness (QED) is 0.560. The molecule has 1 saturated heterocycles. The molecule has 0 spiro atoms. The van der Waals surface area contributed by atoms with Gasteiger partial charge in [0.25, 0.3) is 0 Å². The Kier molecular flexibility index (Phi) is 8.24. The molecule has 3 rings (SSSR count). The van der Waals surface area contributed by atoms with E-state index in [9.17, 15) is 9.59 Å². The molecule has 0 aliphatic carbocycles. The number of amides is 1. The summed E-state index contributed by atoms with van der Waals surface area (Å²) < 4.78 is 5.64. The number of hydrogen-bond acceptors (Lipinski definition) is 4. The standard InChI is InChI=1S/C26H34N2O3/c1-3-24(29)28(23-13-9-6-10-14-23)26(21-31-25(30)4-2)16-19-27(20-17-26)18-15-22-11-7-5-8-12-22/h5-14H,3-4,15-21H2,1-2H3. The van der Waals surface area contributed by atoms with Gasteiger partial charge in [0.15, 0.2) is 0 Å². The molecule has 0 aromatic heterocycles. The Morgan fingerprint density at radius 2 is 1.55 bits per heavy atom.